The number of ketones is 1. The molecule has 2 atom stereocenters. The molecule has 2 saturated carbocycles. The zero-order valence-electron chi connectivity index (χ0n) is 7.94. The topological polar surface area (TPSA) is 17.1 Å². The highest BCUT2D eigenvalue weighted by Gasteiger charge is 2.59. The van der Waals surface area contributed by atoms with Crippen LogP contribution in [0.5, 0.6) is 0 Å². The summed E-state index contributed by atoms with van der Waals surface area (Å²) in [6, 6.07) is 0. The van der Waals surface area contributed by atoms with Gasteiger partial charge in [-0.05, 0) is 31.6 Å². The third-order valence-corrected chi connectivity index (χ3v) is 3.72. The first-order valence-corrected chi connectivity index (χ1v) is 5.33. The molecule has 1 heteroatoms. The van der Waals surface area contributed by atoms with E-state index in [1.54, 1.807) is 0 Å². The summed E-state index contributed by atoms with van der Waals surface area (Å²) in [4.78, 5) is 11.7. The van der Waals surface area contributed by atoms with Gasteiger partial charge in [0.25, 0.3) is 0 Å². The molecule has 2 aliphatic carbocycles. The van der Waals surface area contributed by atoms with Gasteiger partial charge in [0.2, 0.25) is 0 Å². The highest BCUT2D eigenvalue weighted by molar-refractivity contribution is 5.88. The number of rotatable bonds is 3. The van der Waals surface area contributed by atoms with E-state index in [0.717, 1.165) is 18.8 Å². The Morgan fingerprint density at radius 2 is 2.42 bits per heavy atom. The molecule has 1 nitrogen and oxygen atoms in total. The van der Waals surface area contributed by atoms with Gasteiger partial charge in [0.1, 0.15) is 5.78 Å². The summed E-state index contributed by atoms with van der Waals surface area (Å²) in [6.45, 7) is 2.21. The standard InChI is InChI=1S/C11H18O/c1-2-3-7-11-8-9(11)5-4-6-10(11)12/h9H,2-8H2,1H3. The van der Waals surface area contributed by atoms with Gasteiger partial charge >= 0.3 is 0 Å². The molecule has 2 rings (SSSR count). The van der Waals surface area contributed by atoms with Gasteiger partial charge in [-0.25, -0.2) is 0 Å². The minimum absolute atomic E-state index is 0.217. The van der Waals surface area contributed by atoms with Crippen LogP contribution < -0.4 is 0 Å². The van der Waals surface area contributed by atoms with Crippen molar-refractivity contribution in [3.63, 3.8) is 0 Å². The molecule has 2 fully saturated rings. The molecule has 0 radical (unpaired) electrons. The molecule has 0 aliphatic heterocycles. The molecular weight excluding hydrogens is 148 g/mol. The maximum atomic E-state index is 11.7. The Bertz CT molecular complexity index is 197. The number of carbonyl (C=O) groups is 1. The van der Waals surface area contributed by atoms with Crippen LogP contribution in [-0.4, -0.2) is 5.78 Å². The van der Waals surface area contributed by atoms with Gasteiger partial charge < -0.3 is 0 Å². The maximum Gasteiger partial charge on any atom is 0.139 e. The number of hydrogen-bond donors (Lipinski definition) is 0. The van der Waals surface area contributed by atoms with Crippen molar-refractivity contribution in [2.45, 2.75) is 51.9 Å². The van der Waals surface area contributed by atoms with E-state index in [9.17, 15) is 4.79 Å². The molecule has 0 aromatic heterocycles. The Kier molecular flexibility index (Phi) is 1.97. The van der Waals surface area contributed by atoms with Crippen molar-refractivity contribution in [2.75, 3.05) is 0 Å². The molecule has 0 spiro atoms. The first kappa shape index (κ1) is 8.28. The monoisotopic (exact) mass is 166 g/mol. The number of fused-ring (bicyclic) bond motifs is 1. The fourth-order valence-electron chi connectivity index (χ4n) is 2.80. The summed E-state index contributed by atoms with van der Waals surface area (Å²) in [5.74, 6) is 1.39. The Morgan fingerprint density at radius 3 is 3.08 bits per heavy atom. The van der Waals surface area contributed by atoms with Crippen LogP contribution in [-0.2, 0) is 4.79 Å². The SMILES string of the molecule is CCCCC12CC1CCCC2=O. The van der Waals surface area contributed by atoms with Crippen molar-refractivity contribution in [1.29, 1.82) is 0 Å². The second-order valence-electron chi connectivity index (χ2n) is 4.48. The minimum atomic E-state index is 0.217. The lowest BCUT2D eigenvalue weighted by molar-refractivity contribution is -0.126. The van der Waals surface area contributed by atoms with E-state index in [2.05, 4.69) is 6.92 Å². The number of unbranched alkanes of at least 4 members (excludes halogenated alkanes) is 1. The molecular formula is C11H18O. The van der Waals surface area contributed by atoms with E-state index in [4.69, 9.17) is 0 Å². The fourth-order valence-corrected chi connectivity index (χ4v) is 2.80. The molecule has 12 heavy (non-hydrogen) atoms. The van der Waals surface area contributed by atoms with Crippen LogP contribution in [0.1, 0.15) is 51.9 Å². The van der Waals surface area contributed by atoms with Gasteiger partial charge in [-0.3, -0.25) is 4.79 Å². The molecule has 0 amide bonds. The van der Waals surface area contributed by atoms with E-state index >= 15 is 0 Å². The number of Topliss-reactive ketones (excluding diaryl/α,β-unsaturated/α-hetero) is 1. The van der Waals surface area contributed by atoms with Crippen LogP contribution in [0.3, 0.4) is 0 Å². The Morgan fingerprint density at radius 1 is 1.58 bits per heavy atom. The molecule has 0 heterocycles. The van der Waals surface area contributed by atoms with E-state index in [-0.39, 0.29) is 5.41 Å². The van der Waals surface area contributed by atoms with E-state index in [1.807, 2.05) is 0 Å². The van der Waals surface area contributed by atoms with Crippen LogP contribution in [0.4, 0.5) is 0 Å². The van der Waals surface area contributed by atoms with Crippen molar-refractivity contribution < 1.29 is 4.79 Å². The van der Waals surface area contributed by atoms with Crippen molar-refractivity contribution in [1.82, 2.24) is 0 Å². The number of hydrogen-bond acceptors (Lipinski definition) is 1. The van der Waals surface area contributed by atoms with Gasteiger partial charge in [0.15, 0.2) is 0 Å². The molecule has 0 aromatic carbocycles. The summed E-state index contributed by atoms with van der Waals surface area (Å²) in [5, 5.41) is 0. The molecule has 0 bridgehead atoms. The van der Waals surface area contributed by atoms with Crippen LogP contribution >= 0.6 is 0 Å². The number of carbonyl (C=O) groups excluding carboxylic acids is 1. The van der Waals surface area contributed by atoms with Crippen molar-refractivity contribution in [3.8, 4) is 0 Å². The minimum Gasteiger partial charge on any atom is -0.299 e. The highest BCUT2D eigenvalue weighted by Crippen LogP contribution is 2.62. The van der Waals surface area contributed by atoms with Crippen molar-refractivity contribution >= 4 is 5.78 Å². The van der Waals surface area contributed by atoms with Gasteiger partial charge in [0, 0.05) is 11.8 Å². The average Bonchev–Trinajstić information content (AvgIpc) is 2.78. The third kappa shape index (κ3) is 1.10. The van der Waals surface area contributed by atoms with E-state index in [0.29, 0.717) is 5.78 Å². The Hall–Kier alpha value is -0.330. The molecule has 0 aromatic rings. The summed E-state index contributed by atoms with van der Waals surface area (Å²) in [6.07, 6.45) is 8.27. The van der Waals surface area contributed by atoms with Gasteiger partial charge in [-0.1, -0.05) is 19.8 Å². The lowest BCUT2D eigenvalue weighted by Crippen LogP contribution is -2.21. The van der Waals surface area contributed by atoms with Crippen LogP contribution in [0.2, 0.25) is 0 Å². The second kappa shape index (κ2) is 2.86. The lowest BCUT2D eigenvalue weighted by atomic mass is 9.83. The molecule has 2 unspecified atom stereocenters. The van der Waals surface area contributed by atoms with Crippen molar-refractivity contribution in [2.24, 2.45) is 11.3 Å². The predicted octanol–water partition coefficient (Wildman–Crippen LogP) is 2.94. The van der Waals surface area contributed by atoms with Crippen LogP contribution in [0, 0.1) is 11.3 Å². The Balaban J connectivity index is 1.97. The lowest BCUT2D eigenvalue weighted by Gasteiger charge is -2.19. The summed E-state index contributed by atoms with van der Waals surface area (Å²) in [5.41, 5.74) is 0.217. The first-order valence-electron chi connectivity index (χ1n) is 5.33. The summed E-state index contributed by atoms with van der Waals surface area (Å²) in [7, 11) is 0. The highest BCUT2D eigenvalue weighted by atomic mass is 16.1. The summed E-state index contributed by atoms with van der Waals surface area (Å²) >= 11 is 0. The average molecular weight is 166 g/mol. The van der Waals surface area contributed by atoms with E-state index in [1.165, 1.54) is 32.1 Å². The molecule has 68 valence electrons. The quantitative estimate of drug-likeness (QED) is 0.630. The van der Waals surface area contributed by atoms with Crippen LogP contribution in [0.15, 0.2) is 0 Å². The largest absolute Gasteiger partial charge is 0.299 e. The fraction of sp³-hybridized carbons (Fsp3) is 0.909. The van der Waals surface area contributed by atoms with Gasteiger partial charge in [0.05, 0.1) is 0 Å². The maximum absolute atomic E-state index is 11.7. The predicted molar refractivity (Wildman–Crippen MR) is 48.9 cm³/mol. The Labute approximate surface area is 74.5 Å². The molecule has 2 aliphatic rings. The normalized spacial score (nSPS) is 39.4. The first-order chi connectivity index (χ1) is 5.79. The second-order valence-corrected chi connectivity index (χ2v) is 4.48. The van der Waals surface area contributed by atoms with Crippen molar-refractivity contribution in [3.05, 3.63) is 0 Å². The van der Waals surface area contributed by atoms with Gasteiger partial charge in [-0.2, -0.15) is 0 Å². The third-order valence-electron chi connectivity index (χ3n) is 3.72. The summed E-state index contributed by atoms with van der Waals surface area (Å²) < 4.78 is 0. The molecule has 0 saturated heterocycles. The van der Waals surface area contributed by atoms with Gasteiger partial charge in [-0.15, -0.1) is 0 Å². The zero-order chi connectivity index (χ0) is 8.60. The van der Waals surface area contributed by atoms with E-state index < -0.39 is 0 Å². The van der Waals surface area contributed by atoms with Crippen LogP contribution in [0.25, 0.3) is 0 Å². The zero-order valence-corrected chi connectivity index (χ0v) is 7.94. The molecule has 0 N–H and O–H groups in total. The smallest absolute Gasteiger partial charge is 0.139 e.